The maximum Gasteiger partial charge on any atom is 0.461 e. The number of rotatable bonds is 0. The minimum absolute atomic E-state index is 0.0509. The van der Waals surface area contributed by atoms with Gasteiger partial charge in [-0.05, 0) is 0 Å². The SMILES string of the molecule is O=C=C1OO1. The summed E-state index contributed by atoms with van der Waals surface area (Å²) >= 11 is 0. The maximum absolute atomic E-state index is 9.16. The molecule has 0 unspecified atom stereocenters. The molecule has 1 rings (SSSR count). The molecule has 0 aromatic heterocycles. The van der Waals surface area contributed by atoms with E-state index in [4.69, 9.17) is 4.79 Å². The molecule has 0 saturated carbocycles. The Morgan fingerprint density at radius 1 is 1.60 bits per heavy atom. The topological polar surface area (TPSA) is 42.1 Å². The van der Waals surface area contributed by atoms with Crippen molar-refractivity contribution in [2.45, 2.75) is 0 Å². The molecule has 1 fully saturated rings. The van der Waals surface area contributed by atoms with Crippen LogP contribution in [0.5, 0.6) is 0 Å². The van der Waals surface area contributed by atoms with Gasteiger partial charge in [-0.25, -0.2) is 14.6 Å². The zero-order valence-electron chi connectivity index (χ0n) is 2.22. The van der Waals surface area contributed by atoms with Crippen molar-refractivity contribution in [2.75, 3.05) is 0 Å². The van der Waals surface area contributed by atoms with Gasteiger partial charge >= 0.3 is 5.95 Å². The van der Waals surface area contributed by atoms with E-state index in [-0.39, 0.29) is 5.95 Å². The van der Waals surface area contributed by atoms with E-state index in [2.05, 4.69) is 9.78 Å². The van der Waals surface area contributed by atoms with Gasteiger partial charge in [0.2, 0.25) is 5.94 Å². The van der Waals surface area contributed by atoms with Crippen LogP contribution in [0.15, 0.2) is 5.95 Å². The Hall–Kier alpha value is -0.950. The van der Waals surface area contributed by atoms with Gasteiger partial charge in [-0.1, -0.05) is 0 Å². The van der Waals surface area contributed by atoms with Crippen molar-refractivity contribution < 1.29 is 14.6 Å². The molecule has 0 aromatic rings. The van der Waals surface area contributed by atoms with E-state index in [1.165, 1.54) is 5.94 Å². The molecule has 0 aliphatic carbocycles. The summed E-state index contributed by atoms with van der Waals surface area (Å²) in [5, 5.41) is 0. The molecule has 0 bridgehead atoms. The van der Waals surface area contributed by atoms with E-state index in [1.54, 1.807) is 0 Å². The molecule has 0 atom stereocenters. The van der Waals surface area contributed by atoms with Crippen LogP contribution in [0.25, 0.3) is 0 Å². The zero-order chi connectivity index (χ0) is 3.70. The highest BCUT2D eigenvalue weighted by Gasteiger charge is 2.17. The summed E-state index contributed by atoms with van der Waals surface area (Å²) in [7, 11) is 0. The summed E-state index contributed by atoms with van der Waals surface area (Å²) in [6.45, 7) is 0. The molecule has 3 nitrogen and oxygen atoms in total. The first-order chi connectivity index (χ1) is 2.43. The summed E-state index contributed by atoms with van der Waals surface area (Å²) in [4.78, 5) is 16.9. The average Bonchev–Trinajstić information content (AvgIpc) is 2.12. The standard InChI is InChI=1S/C2O3/c3-1-2-4-5-2. The van der Waals surface area contributed by atoms with Gasteiger partial charge in [-0.15, -0.1) is 0 Å². The molecule has 1 heterocycles. The van der Waals surface area contributed by atoms with Crippen molar-refractivity contribution in [3.8, 4) is 0 Å². The fourth-order valence-corrected chi connectivity index (χ4v) is 0.0549. The fourth-order valence-electron chi connectivity index (χ4n) is 0.0549. The third kappa shape index (κ3) is 0.205. The Morgan fingerprint density at radius 3 is 2.20 bits per heavy atom. The normalized spacial score (nSPS) is 14.8. The molecule has 0 N–H and O–H groups in total. The smallest absolute Gasteiger partial charge is 0.228 e. The number of hydrogen-bond acceptors (Lipinski definition) is 3. The van der Waals surface area contributed by atoms with Crippen molar-refractivity contribution in [1.82, 2.24) is 0 Å². The van der Waals surface area contributed by atoms with Crippen LogP contribution < -0.4 is 0 Å². The Bertz CT molecular complexity index is 83.1. The minimum atomic E-state index is -0.0509. The lowest BCUT2D eigenvalue weighted by atomic mass is 11.1. The molecule has 0 amide bonds. The van der Waals surface area contributed by atoms with Gasteiger partial charge in [0, 0.05) is 0 Å². The number of carbonyl (C=O) groups excluding carboxylic acids is 1. The highest BCUT2D eigenvalue weighted by Crippen LogP contribution is 2.10. The Morgan fingerprint density at radius 2 is 2.20 bits per heavy atom. The highest BCUT2D eigenvalue weighted by molar-refractivity contribution is 5.48. The number of hydrogen-bond donors (Lipinski definition) is 0. The first-order valence-corrected chi connectivity index (χ1v) is 1.03. The van der Waals surface area contributed by atoms with Crippen LogP contribution in [-0.4, -0.2) is 5.94 Å². The van der Waals surface area contributed by atoms with Gasteiger partial charge in [0.15, 0.2) is 0 Å². The summed E-state index contributed by atoms with van der Waals surface area (Å²) in [6.07, 6.45) is 0. The molecule has 1 saturated heterocycles. The third-order valence-electron chi connectivity index (χ3n) is 0.250. The van der Waals surface area contributed by atoms with Gasteiger partial charge in [0.1, 0.15) is 0 Å². The molecule has 0 spiro atoms. The van der Waals surface area contributed by atoms with Crippen LogP contribution >= 0.6 is 0 Å². The van der Waals surface area contributed by atoms with E-state index in [9.17, 15) is 0 Å². The largest absolute Gasteiger partial charge is 0.461 e. The lowest BCUT2D eigenvalue weighted by Gasteiger charge is -1.23. The Labute approximate surface area is 27.7 Å². The fraction of sp³-hybridized carbons (Fsp3) is 0. The maximum atomic E-state index is 9.16. The highest BCUT2D eigenvalue weighted by atomic mass is 17.4. The molecule has 3 heteroatoms. The lowest BCUT2D eigenvalue weighted by molar-refractivity contribution is 0.0850. The van der Waals surface area contributed by atoms with Gasteiger partial charge in [-0.2, -0.15) is 0 Å². The van der Waals surface area contributed by atoms with Crippen LogP contribution in [0.3, 0.4) is 0 Å². The molecule has 1 aliphatic heterocycles. The first-order valence-electron chi connectivity index (χ1n) is 1.03. The molecular formula is C2O3. The predicted octanol–water partition coefficient (Wildman–Crippen LogP) is -0.379. The summed E-state index contributed by atoms with van der Waals surface area (Å²) in [5.74, 6) is 1.31. The Kier molecular flexibility index (Phi) is 0.231. The van der Waals surface area contributed by atoms with E-state index < -0.39 is 0 Å². The molecular weight excluding hydrogens is 72.0 g/mol. The van der Waals surface area contributed by atoms with Crippen LogP contribution in [0, 0.1) is 0 Å². The molecule has 1 aliphatic rings. The van der Waals surface area contributed by atoms with Gasteiger partial charge in [0.25, 0.3) is 0 Å². The first kappa shape index (κ1) is 2.30. The van der Waals surface area contributed by atoms with Crippen LogP contribution in [0.1, 0.15) is 0 Å². The van der Waals surface area contributed by atoms with Crippen molar-refractivity contribution in [1.29, 1.82) is 0 Å². The Balaban J connectivity index is 2.80. The van der Waals surface area contributed by atoms with E-state index in [1.807, 2.05) is 0 Å². The average molecular weight is 72.0 g/mol. The van der Waals surface area contributed by atoms with Crippen LogP contribution in [-0.2, 0) is 14.6 Å². The molecule has 0 radical (unpaired) electrons. The van der Waals surface area contributed by atoms with Crippen LogP contribution in [0.2, 0.25) is 0 Å². The van der Waals surface area contributed by atoms with Gasteiger partial charge in [-0.3, -0.25) is 0 Å². The summed E-state index contributed by atoms with van der Waals surface area (Å²) < 4.78 is 0. The van der Waals surface area contributed by atoms with E-state index in [0.717, 1.165) is 0 Å². The summed E-state index contributed by atoms with van der Waals surface area (Å²) in [5.41, 5.74) is 0. The van der Waals surface area contributed by atoms with E-state index in [0.29, 0.717) is 0 Å². The monoisotopic (exact) mass is 72.0 g/mol. The molecule has 0 aromatic carbocycles. The predicted molar refractivity (Wildman–Crippen MR) is 11.4 cm³/mol. The third-order valence-corrected chi connectivity index (χ3v) is 0.250. The minimum Gasteiger partial charge on any atom is -0.228 e. The van der Waals surface area contributed by atoms with E-state index >= 15 is 0 Å². The second-order valence-electron chi connectivity index (χ2n) is 0.556. The van der Waals surface area contributed by atoms with Crippen molar-refractivity contribution in [3.63, 3.8) is 0 Å². The lowest BCUT2D eigenvalue weighted by Crippen LogP contribution is -1.39. The van der Waals surface area contributed by atoms with Gasteiger partial charge < -0.3 is 0 Å². The second kappa shape index (κ2) is 0.503. The summed E-state index contributed by atoms with van der Waals surface area (Å²) in [6, 6.07) is 0. The molecule has 26 valence electrons. The quantitative estimate of drug-likeness (QED) is 0.222. The zero-order valence-corrected chi connectivity index (χ0v) is 2.22. The molecule has 5 heavy (non-hydrogen) atoms. The van der Waals surface area contributed by atoms with Gasteiger partial charge in [0.05, 0.1) is 0 Å². The van der Waals surface area contributed by atoms with Crippen LogP contribution in [0.4, 0.5) is 0 Å². The van der Waals surface area contributed by atoms with Crippen molar-refractivity contribution in [2.24, 2.45) is 0 Å². The van der Waals surface area contributed by atoms with Crippen molar-refractivity contribution >= 4 is 5.94 Å². The van der Waals surface area contributed by atoms with Crippen molar-refractivity contribution in [3.05, 3.63) is 5.95 Å². The second-order valence-corrected chi connectivity index (χ2v) is 0.556.